The van der Waals surface area contributed by atoms with Crippen molar-refractivity contribution in [2.45, 2.75) is 19.2 Å². The van der Waals surface area contributed by atoms with Gasteiger partial charge < -0.3 is 19.7 Å². The van der Waals surface area contributed by atoms with Crippen molar-refractivity contribution >= 4 is 5.97 Å². The van der Waals surface area contributed by atoms with Crippen LogP contribution in [-0.4, -0.2) is 30.4 Å². The summed E-state index contributed by atoms with van der Waals surface area (Å²) in [5.41, 5.74) is 0.0118. The monoisotopic (exact) mass is 258 g/mol. The smallest absolute Gasteiger partial charge is 0.337 e. The molecule has 0 saturated heterocycles. The first-order chi connectivity index (χ1) is 8.42. The summed E-state index contributed by atoms with van der Waals surface area (Å²) in [5, 5.41) is 18.3. The van der Waals surface area contributed by atoms with Gasteiger partial charge in [0.15, 0.2) is 17.6 Å². The third kappa shape index (κ3) is 2.70. The number of halogens is 1. The minimum absolute atomic E-state index is 0.0462. The highest BCUT2D eigenvalue weighted by Crippen LogP contribution is 2.36. The molecule has 1 rings (SSSR count). The van der Waals surface area contributed by atoms with Crippen LogP contribution in [0.4, 0.5) is 4.39 Å². The van der Waals surface area contributed by atoms with E-state index >= 15 is 0 Å². The molecule has 0 fully saturated rings. The summed E-state index contributed by atoms with van der Waals surface area (Å²) in [5.74, 6) is -0.945. The first kappa shape index (κ1) is 14.2. The summed E-state index contributed by atoms with van der Waals surface area (Å²) in [6.45, 7) is 1.25. The second kappa shape index (κ2) is 5.68. The van der Waals surface area contributed by atoms with Gasteiger partial charge in [0.2, 0.25) is 0 Å². The predicted molar refractivity (Wildman–Crippen MR) is 61.7 cm³/mol. The maximum Gasteiger partial charge on any atom is 0.337 e. The van der Waals surface area contributed by atoms with Crippen molar-refractivity contribution in [3.8, 4) is 11.5 Å². The number of hydrogen-bond acceptors (Lipinski definition) is 4. The molecule has 0 saturated carbocycles. The minimum atomic E-state index is -1.81. The summed E-state index contributed by atoms with van der Waals surface area (Å²) in [4.78, 5) is 10.8. The van der Waals surface area contributed by atoms with E-state index in [2.05, 4.69) is 0 Å². The highest BCUT2D eigenvalue weighted by atomic mass is 19.1. The Morgan fingerprint density at radius 1 is 1.22 bits per heavy atom. The van der Waals surface area contributed by atoms with Crippen molar-refractivity contribution in [1.82, 2.24) is 0 Å². The van der Waals surface area contributed by atoms with Crippen LogP contribution in [0.1, 0.15) is 30.3 Å². The molecule has 0 radical (unpaired) electrons. The lowest BCUT2D eigenvalue weighted by Gasteiger charge is -2.17. The standard InChI is InChI=1S/C12H15FO5/c1-6(13)7-4-9(17-2)10(18-3)5-8(7)11(14)12(15)16/h4-6,11,14H,1-3H3,(H,15,16). The molecule has 0 aromatic heterocycles. The number of methoxy groups -OCH3 is 2. The Labute approximate surface area is 104 Å². The quantitative estimate of drug-likeness (QED) is 0.843. The molecule has 0 amide bonds. The average Bonchev–Trinajstić information content (AvgIpc) is 2.35. The van der Waals surface area contributed by atoms with Crippen molar-refractivity contribution in [2.75, 3.05) is 14.2 Å². The zero-order chi connectivity index (χ0) is 13.9. The van der Waals surface area contributed by atoms with Gasteiger partial charge >= 0.3 is 5.97 Å². The molecular weight excluding hydrogens is 243 g/mol. The molecule has 2 N–H and O–H groups in total. The number of benzene rings is 1. The maximum atomic E-state index is 13.5. The number of hydrogen-bond donors (Lipinski definition) is 2. The number of rotatable bonds is 5. The van der Waals surface area contributed by atoms with Gasteiger partial charge in [-0.15, -0.1) is 0 Å². The summed E-state index contributed by atoms with van der Waals surface area (Å²) >= 11 is 0. The molecule has 5 nitrogen and oxygen atoms in total. The van der Waals surface area contributed by atoms with Gasteiger partial charge in [-0.05, 0) is 24.6 Å². The van der Waals surface area contributed by atoms with Crippen molar-refractivity contribution in [2.24, 2.45) is 0 Å². The predicted octanol–water partition coefficient (Wildman–Crippen LogP) is 1.85. The number of aliphatic hydroxyl groups is 1. The topological polar surface area (TPSA) is 76.0 Å². The largest absolute Gasteiger partial charge is 0.493 e. The van der Waals surface area contributed by atoms with Crippen LogP contribution < -0.4 is 9.47 Å². The van der Waals surface area contributed by atoms with Crippen LogP contribution in [0.2, 0.25) is 0 Å². The first-order valence-corrected chi connectivity index (χ1v) is 5.23. The molecule has 18 heavy (non-hydrogen) atoms. The lowest BCUT2D eigenvalue weighted by Crippen LogP contribution is -2.13. The molecule has 0 spiro atoms. The Bertz CT molecular complexity index is 444. The summed E-state index contributed by atoms with van der Waals surface area (Å²) < 4.78 is 23.5. The Kier molecular flexibility index (Phi) is 4.49. The van der Waals surface area contributed by atoms with Crippen molar-refractivity contribution in [3.63, 3.8) is 0 Å². The Hall–Kier alpha value is -1.82. The van der Waals surface area contributed by atoms with Gasteiger partial charge in [-0.25, -0.2) is 9.18 Å². The van der Waals surface area contributed by atoms with Crippen LogP contribution in [0.5, 0.6) is 11.5 Å². The molecule has 0 bridgehead atoms. The zero-order valence-corrected chi connectivity index (χ0v) is 10.3. The Morgan fingerprint density at radius 2 is 1.67 bits per heavy atom. The second-order valence-corrected chi connectivity index (χ2v) is 3.69. The number of carboxylic acid groups (broad SMARTS) is 1. The maximum absolute atomic E-state index is 13.5. The fourth-order valence-corrected chi connectivity index (χ4v) is 1.62. The van der Waals surface area contributed by atoms with E-state index in [0.717, 1.165) is 0 Å². The van der Waals surface area contributed by atoms with Crippen LogP contribution in [0.25, 0.3) is 0 Å². The SMILES string of the molecule is COc1cc(C(C)F)c(C(O)C(=O)O)cc1OC. The number of carboxylic acids is 1. The average molecular weight is 258 g/mol. The second-order valence-electron chi connectivity index (χ2n) is 3.69. The van der Waals surface area contributed by atoms with E-state index in [9.17, 15) is 14.3 Å². The van der Waals surface area contributed by atoms with Crippen LogP contribution >= 0.6 is 0 Å². The Balaban J connectivity index is 3.42. The van der Waals surface area contributed by atoms with E-state index in [1.54, 1.807) is 0 Å². The van der Waals surface area contributed by atoms with E-state index in [1.807, 2.05) is 0 Å². The third-order valence-corrected chi connectivity index (χ3v) is 2.55. The fraction of sp³-hybridized carbons (Fsp3) is 0.417. The number of ether oxygens (including phenoxy) is 2. The van der Waals surface area contributed by atoms with Gasteiger partial charge in [0.1, 0.15) is 6.17 Å². The molecule has 2 unspecified atom stereocenters. The molecule has 0 heterocycles. The molecule has 1 aromatic rings. The number of carbonyl (C=O) groups is 1. The van der Waals surface area contributed by atoms with Gasteiger partial charge in [-0.3, -0.25) is 0 Å². The third-order valence-electron chi connectivity index (χ3n) is 2.55. The van der Waals surface area contributed by atoms with Gasteiger partial charge in [-0.2, -0.15) is 0 Å². The Morgan fingerprint density at radius 3 is 2.00 bits per heavy atom. The summed E-state index contributed by atoms with van der Waals surface area (Å²) in [7, 11) is 2.76. The van der Waals surface area contributed by atoms with Crippen molar-refractivity contribution in [1.29, 1.82) is 0 Å². The lowest BCUT2D eigenvalue weighted by atomic mass is 9.98. The number of aliphatic carboxylic acids is 1. The molecule has 2 atom stereocenters. The first-order valence-electron chi connectivity index (χ1n) is 5.23. The van der Waals surface area contributed by atoms with Crippen LogP contribution in [0.15, 0.2) is 12.1 Å². The van der Waals surface area contributed by atoms with Gasteiger partial charge in [-0.1, -0.05) is 0 Å². The number of aliphatic hydroxyl groups excluding tert-OH is 1. The molecular formula is C12H15FO5. The van der Waals surface area contributed by atoms with Gasteiger partial charge in [0.05, 0.1) is 14.2 Å². The normalized spacial score (nSPS) is 13.8. The summed E-state index contributed by atoms with van der Waals surface area (Å²) in [6, 6.07) is 2.59. The van der Waals surface area contributed by atoms with Crippen LogP contribution in [0.3, 0.4) is 0 Å². The van der Waals surface area contributed by atoms with Crippen molar-refractivity contribution < 1.29 is 28.9 Å². The van der Waals surface area contributed by atoms with E-state index in [1.165, 1.54) is 33.3 Å². The molecule has 0 aliphatic heterocycles. The number of alkyl halides is 1. The molecule has 0 aliphatic rings. The van der Waals surface area contributed by atoms with E-state index in [-0.39, 0.29) is 22.6 Å². The van der Waals surface area contributed by atoms with Crippen LogP contribution in [0, 0.1) is 0 Å². The molecule has 0 aliphatic carbocycles. The van der Waals surface area contributed by atoms with Gasteiger partial charge in [0.25, 0.3) is 0 Å². The van der Waals surface area contributed by atoms with E-state index < -0.39 is 18.2 Å². The highest BCUT2D eigenvalue weighted by molar-refractivity contribution is 5.75. The van der Waals surface area contributed by atoms with Crippen LogP contribution in [-0.2, 0) is 4.79 Å². The molecule has 100 valence electrons. The summed E-state index contributed by atoms with van der Waals surface area (Å²) in [6.07, 6.45) is -3.24. The lowest BCUT2D eigenvalue weighted by molar-refractivity contribution is -0.147. The van der Waals surface area contributed by atoms with Gasteiger partial charge in [0, 0.05) is 5.56 Å². The highest BCUT2D eigenvalue weighted by Gasteiger charge is 2.24. The zero-order valence-electron chi connectivity index (χ0n) is 10.3. The van der Waals surface area contributed by atoms with E-state index in [4.69, 9.17) is 14.6 Å². The molecule has 6 heteroatoms. The fourth-order valence-electron chi connectivity index (χ4n) is 1.62. The minimum Gasteiger partial charge on any atom is -0.493 e. The van der Waals surface area contributed by atoms with Crippen molar-refractivity contribution in [3.05, 3.63) is 23.3 Å². The molecule has 1 aromatic carbocycles. The van der Waals surface area contributed by atoms with E-state index in [0.29, 0.717) is 0 Å².